The first-order valence-corrected chi connectivity index (χ1v) is 8.17. The smallest absolute Gasteiger partial charge is 0.269 e. The van der Waals surface area contributed by atoms with Gasteiger partial charge in [0, 0.05) is 41.5 Å². The highest BCUT2D eigenvalue weighted by Gasteiger charge is 2.14. The first-order chi connectivity index (χ1) is 11.1. The van der Waals surface area contributed by atoms with Gasteiger partial charge in [-0.3, -0.25) is 14.9 Å². The predicted molar refractivity (Wildman–Crippen MR) is 89.4 cm³/mol. The van der Waals surface area contributed by atoms with Crippen LogP contribution in [0, 0.1) is 6.92 Å². The predicted octanol–water partition coefficient (Wildman–Crippen LogP) is 2.77. The van der Waals surface area contributed by atoms with Gasteiger partial charge in [0.05, 0.1) is 10.7 Å². The molecule has 0 bridgehead atoms. The van der Waals surface area contributed by atoms with Crippen molar-refractivity contribution in [3.8, 4) is 11.3 Å². The number of hydrogen-bond donors (Lipinski definition) is 2. The molecule has 0 saturated carbocycles. The van der Waals surface area contributed by atoms with Gasteiger partial charge < -0.3 is 5.32 Å². The van der Waals surface area contributed by atoms with Gasteiger partial charge in [0.2, 0.25) is 0 Å². The van der Waals surface area contributed by atoms with Gasteiger partial charge >= 0.3 is 0 Å². The third kappa shape index (κ3) is 3.62. The molecule has 0 saturated heterocycles. The molecule has 1 atom stereocenters. The van der Waals surface area contributed by atoms with E-state index in [2.05, 4.69) is 25.5 Å². The van der Waals surface area contributed by atoms with E-state index >= 15 is 0 Å². The molecular formula is C16H17N5OS. The first-order valence-electron chi connectivity index (χ1n) is 7.29. The van der Waals surface area contributed by atoms with Crippen molar-refractivity contribution < 1.29 is 4.79 Å². The van der Waals surface area contributed by atoms with Crippen LogP contribution < -0.4 is 5.32 Å². The summed E-state index contributed by atoms with van der Waals surface area (Å²) < 4.78 is 0. The normalized spacial score (nSPS) is 12.1. The van der Waals surface area contributed by atoms with Crippen molar-refractivity contribution in [3.05, 3.63) is 52.4 Å². The number of rotatable bonds is 5. The zero-order chi connectivity index (χ0) is 16.2. The van der Waals surface area contributed by atoms with Crippen LogP contribution in [0.3, 0.4) is 0 Å². The van der Waals surface area contributed by atoms with Crippen LogP contribution in [0.2, 0.25) is 0 Å². The summed E-state index contributed by atoms with van der Waals surface area (Å²) in [6.07, 6.45) is 3.39. The van der Waals surface area contributed by atoms with Gasteiger partial charge in [0.1, 0.15) is 5.69 Å². The lowest BCUT2D eigenvalue weighted by molar-refractivity contribution is 0.0946. The molecule has 3 aromatic rings. The number of H-pyrrole nitrogens is 1. The maximum absolute atomic E-state index is 12.2. The quantitative estimate of drug-likeness (QED) is 0.755. The molecule has 0 fully saturated rings. The van der Waals surface area contributed by atoms with E-state index in [0.29, 0.717) is 12.2 Å². The van der Waals surface area contributed by atoms with Crippen molar-refractivity contribution in [2.75, 3.05) is 6.54 Å². The minimum Gasteiger partial charge on any atom is -0.350 e. The molecule has 0 radical (unpaired) electrons. The Morgan fingerprint density at radius 3 is 2.87 bits per heavy atom. The van der Waals surface area contributed by atoms with Crippen LogP contribution in [-0.4, -0.2) is 32.6 Å². The van der Waals surface area contributed by atoms with E-state index < -0.39 is 0 Å². The minimum atomic E-state index is -0.169. The van der Waals surface area contributed by atoms with E-state index in [1.807, 2.05) is 31.4 Å². The number of hydrogen-bond acceptors (Lipinski definition) is 5. The second-order valence-corrected chi connectivity index (χ2v) is 6.23. The molecule has 3 heterocycles. The molecule has 6 nitrogen and oxygen atoms in total. The fraction of sp³-hybridized carbons (Fsp3) is 0.250. The highest BCUT2D eigenvalue weighted by molar-refractivity contribution is 7.09. The van der Waals surface area contributed by atoms with Gasteiger partial charge in [0.25, 0.3) is 5.91 Å². The van der Waals surface area contributed by atoms with Crippen LogP contribution in [0.4, 0.5) is 0 Å². The van der Waals surface area contributed by atoms with Crippen molar-refractivity contribution in [1.29, 1.82) is 0 Å². The number of carbonyl (C=O) groups excluding carboxylic acids is 1. The summed E-state index contributed by atoms with van der Waals surface area (Å²) in [5, 5.41) is 12.9. The van der Waals surface area contributed by atoms with Gasteiger partial charge in [0.15, 0.2) is 0 Å². The monoisotopic (exact) mass is 327 g/mol. The Kier molecular flexibility index (Phi) is 4.47. The van der Waals surface area contributed by atoms with E-state index in [1.165, 1.54) is 0 Å². The molecule has 7 heteroatoms. The Morgan fingerprint density at radius 2 is 2.17 bits per heavy atom. The van der Waals surface area contributed by atoms with Crippen LogP contribution in [0.25, 0.3) is 11.3 Å². The molecule has 1 amide bonds. The molecule has 3 rings (SSSR count). The largest absolute Gasteiger partial charge is 0.350 e. The Bertz CT molecular complexity index is 796. The maximum atomic E-state index is 12.2. The minimum absolute atomic E-state index is 0.169. The molecule has 0 spiro atoms. The number of aromatic amines is 1. The summed E-state index contributed by atoms with van der Waals surface area (Å²) in [7, 11) is 0. The number of amides is 1. The number of aryl methyl sites for hydroxylation is 1. The van der Waals surface area contributed by atoms with Crippen molar-refractivity contribution in [2.45, 2.75) is 19.8 Å². The van der Waals surface area contributed by atoms with Crippen LogP contribution in [0.15, 0.2) is 36.0 Å². The Hall–Kier alpha value is -2.54. The van der Waals surface area contributed by atoms with Crippen LogP contribution in [-0.2, 0) is 0 Å². The lowest BCUT2D eigenvalue weighted by atomic mass is 10.2. The maximum Gasteiger partial charge on any atom is 0.269 e. The van der Waals surface area contributed by atoms with E-state index in [9.17, 15) is 4.79 Å². The fourth-order valence-corrected chi connectivity index (χ4v) is 2.99. The first kappa shape index (κ1) is 15.4. The van der Waals surface area contributed by atoms with Crippen molar-refractivity contribution in [3.63, 3.8) is 0 Å². The topological polar surface area (TPSA) is 83.6 Å². The molecule has 118 valence electrons. The fourth-order valence-electron chi connectivity index (χ4n) is 2.14. The molecule has 3 aromatic heterocycles. The second-order valence-electron chi connectivity index (χ2n) is 5.34. The van der Waals surface area contributed by atoms with E-state index in [-0.39, 0.29) is 11.8 Å². The van der Waals surface area contributed by atoms with Crippen molar-refractivity contribution in [1.82, 2.24) is 25.5 Å². The molecule has 0 aliphatic rings. The lowest BCUT2D eigenvalue weighted by Crippen LogP contribution is -2.27. The summed E-state index contributed by atoms with van der Waals surface area (Å²) in [6, 6.07) is 5.44. The van der Waals surface area contributed by atoms with Crippen LogP contribution >= 0.6 is 11.3 Å². The van der Waals surface area contributed by atoms with Gasteiger partial charge in [-0.2, -0.15) is 5.10 Å². The van der Waals surface area contributed by atoms with Gasteiger partial charge in [-0.1, -0.05) is 6.92 Å². The Morgan fingerprint density at radius 1 is 1.39 bits per heavy atom. The molecule has 0 aromatic carbocycles. The van der Waals surface area contributed by atoms with E-state index in [0.717, 1.165) is 22.0 Å². The average Bonchev–Trinajstić information content (AvgIpc) is 3.22. The number of pyridine rings is 1. The highest BCUT2D eigenvalue weighted by atomic mass is 32.1. The highest BCUT2D eigenvalue weighted by Crippen LogP contribution is 2.19. The molecule has 2 N–H and O–H groups in total. The SMILES string of the molecule is Cc1csc(C(C)CNC(=O)c2cc(-c3ccncc3)n[nH]2)n1. The zero-order valence-electron chi connectivity index (χ0n) is 12.9. The van der Waals surface area contributed by atoms with Crippen molar-refractivity contribution >= 4 is 17.2 Å². The van der Waals surface area contributed by atoms with Crippen molar-refractivity contribution in [2.24, 2.45) is 0 Å². The van der Waals surface area contributed by atoms with E-state index in [1.54, 1.807) is 29.8 Å². The molecule has 1 unspecified atom stereocenters. The summed E-state index contributed by atoms with van der Waals surface area (Å²) in [6.45, 7) is 4.56. The molecule has 0 aliphatic carbocycles. The van der Waals surface area contributed by atoms with E-state index in [4.69, 9.17) is 0 Å². The number of thiazole rings is 1. The Labute approximate surface area is 138 Å². The number of carbonyl (C=O) groups is 1. The summed E-state index contributed by atoms with van der Waals surface area (Å²) in [5.74, 6) is 0.0122. The molecular weight excluding hydrogens is 310 g/mol. The summed E-state index contributed by atoms with van der Waals surface area (Å²) >= 11 is 1.62. The second kappa shape index (κ2) is 6.70. The molecule has 23 heavy (non-hydrogen) atoms. The zero-order valence-corrected chi connectivity index (χ0v) is 13.7. The average molecular weight is 327 g/mol. The lowest BCUT2D eigenvalue weighted by Gasteiger charge is -2.09. The number of nitrogens with zero attached hydrogens (tertiary/aromatic N) is 3. The number of aromatic nitrogens is 4. The van der Waals surface area contributed by atoms with Gasteiger partial charge in [-0.15, -0.1) is 11.3 Å². The summed E-state index contributed by atoms with van der Waals surface area (Å²) in [4.78, 5) is 20.6. The third-order valence-electron chi connectivity index (χ3n) is 3.43. The van der Waals surface area contributed by atoms with Crippen LogP contribution in [0.5, 0.6) is 0 Å². The van der Waals surface area contributed by atoms with Gasteiger partial charge in [-0.05, 0) is 25.1 Å². The number of nitrogens with one attached hydrogen (secondary N) is 2. The standard InChI is InChI=1S/C16H17N5OS/c1-10(16-19-11(2)9-23-16)8-18-15(22)14-7-13(20-21-14)12-3-5-17-6-4-12/h3-7,9-10H,8H2,1-2H3,(H,18,22)(H,20,21). The van der Waals surface area contributed by atoms with Crippen LogP contribution in [0.1, 0.15) is 34.0 Å². The third-order valence-corrected chi connectivity index (χ3v) is 4.62. The Balaban J connectivity index is 1.62. The molecule has 0 aliphatic heterocycles. The van der Waals surface area contributed by atoms with Gasteiger partial charge in [-0.25, -0.2) is 4.98 Å². The summed E-state index contributed by atoms with van der Waals surface area (Å²) in [5.41, 5.74) is 3.10.